The van der Waals surface area contributed by atoms with Crippen LogP contribution in [0.3, 0.4) is 0 Å². The van der Waals surface area contributed by atoms with Crippen LogP contribution in [-0.2, 0) is 22.3 Å². The van der Waals surface area contributed by atoms with Gasteiger partial charge < -0.3 is 9.30 Å². The summed E-state index contributed by atoms with van der Waals surface area (Å²) >= 11 is 0. The molecule has 4 nitrogen and oxygen atoms in total. The number of alkyl halides is 3. The summed E-state index contributed by atoms with van der Waals surface area (Å²) in [6, 6.07) is 1.44. The first kappa shape index (κ1) is 14.3. The molecule has 0 atom stereocenters. The summed E-state index contributed by atoms with van der Waals surface area (Å²) in [6.07, 6.45) is -4.35. The number of aromatic nitrogens is 1. The van der Waals surface area contributed by atoms with Gasteiger partial charge in [-0.15, -0.1) is 0 Å². The van der Waals surface area contributed by atoms with Gasteiger partial charge in [-0.2, -0.15) is 13.2 Å². The molecule has 7 heteroatoms. The monoisotopic (exact) mass is 263 g/mol. The fourth-order valence-electron chi connectivity index (χ4n) is 1.26. The molecule has 0 fully saturated rings. The van der Waals surface area contributed by atoms with Crippen LogP contribution in [0.15, 0.2) is 23.1 Å². The van der Waals surface area contributed by atoms with Gasteiger partial charge in [-0.1, -0.05) is 0 Å². The van der Waals surface area contributed by atoms with Crippen LogP contribution in [0.5, 0.6) is 0 Å². The second kappa shape index (κ2) is 5.24. The van der Waals surface area contributed by atoms with Gasteiger partial charge in [0.25, 0.3) is 5.56 Å². The molecule has 1 aromatic heterocycles. The molecule has 1 aromatic rings. The summed E-state index contributed by atoms with van der Waals surface area (Å²) < 4.78 is 42.7. The van der Waals surface area contributed by atoms with Crippen LogP contribution >= 0.6 is 0 Å². The lowest BCUT2D eigenvalue weighted by molar-refractivity contribution is -0.148. The number of halogens is 3. The number of esters is 1. The highest BCUT2D eigenvalue weighted by molar-refractivity contribution is 5.69. The van der Waals surface area contributed by atoms with Gasteiger partial charge in [0.1, 0.15) is 6.54 Å². The van der Waals surface area contributed by atoms with Gasteiger partial charge >= 0.3 is 12.1 Å². The highest BCUT2D eigenvalue weighted by Crippen LogP contribution is 2.27. The van der Waals surface area contributed by atoms with E-state index >= 15 is 0 Å². The van der Waals surface area contributed by atoms with Gasteiger partial charge in [-0.25, -0.2) is 0 Å². The third-order valence-electron chi connectivity index (χ3n) is 1.98. The number of pyridine rings is 1. The highest BCUT2D eigenvalue weighted by Gasteiger charge is 2.31. The topological polar surface area (TPSA) is 48.3 Å². The van der Waals surface area contributed by atoms with Crippen molar-refractivity contribution in [2.75, 3.05) is 0 Å². The van der Waals surface area contributed by atoms with Crippen molar-refractivity contribution < 1.29 is 22.7 Å². The number of hydrogen-bond donors (Lipinski definition) is 0. The average molecular weight is 263 g/mol. The molecule has 0 saturated heterocycles. The third kappa shape index (κ3) is 3.90. The molecule has 0 amide bonds. The number of hydrogen-bond acceptors (Lipinski definition) is 3. The third-order valence-corrected chi connectivity index (χ3v) is 1.98. The molecule has 100 valence electrons. The molecular weight excluding hydrogens is 251 g/mol. The van der Waals surface area contributed by atoms with E-state index in [0.717, 1.165) is 6.07 Å². The van der Waals surface area contributed by atoms with E-state index in [1.807, 2.05) is 0 Å². The van der Waals surface area contributed by atoms with E-state index in [9.17, 15) is 22.8 Å². The van der Waals surface area contributed by atoms with Crippen molar-refractivity contribution in [1.29, 1.82) is 0 Å². The van der Waals surface area contributed by atoms with Crippen LogP contribution in [0.1, 0.15) is 19.4 Å². The van der Waals surface area contributed by atoms with E-state index in [-0.39, 0.29) is 6.10 Å². The summed E-state index contributed by atoms with van der Waals surface area (Å²) in [5, 5.41) is 0. The van der Waals surface area contributed by atoms with Crippen molar-refractivity contribution >= 4 is 5.97 Å². The number of nitrogens with zero attached hydrogens (tertiary/aromatic N) is 1. The van der Waals surface area contributed by atoms with Crippen molar-refractivity contribution in [2.24, 2.45) is 0 Å². The standard InChI is InChI=1S/C11H12F3NO3/c1-7(2)18-10(17)6-15-5-8(11(12,13)14)3-4-9(15)16/h3-5,7H,6H2,1-2H3. The zero-order valence-electron chi connectivity index (χ0n) is 9.82. The normalized spacial score (nSPS) is 11.7. The zero-order valence-corrected chi connectivity index (χ0v) is 9.82. The number of rotatable bonds is 3. The molecule has 1 heterocycles. The molecule has 0 aliphatic carbocycles. The van der Waals surface area contributed by atoms with Crippen molar-refractivity contribution in [2.45, 2.75) is 32.7 Å². The minimum atomic E-state index is -4.56. The quantitative estimate of drug-likeness (QED) is 0.781. The largest absolute Gasteiger partial charge is 0.462 e. The molecule has 0 unspecified atom stereocenters. The fraction of sp³-hybridized carbons (Fsp3) is 0.455. The highest BCUT2D eigenvalue weighted by atomic mass is 19.4. The zero-order chi connectivity index (χ0) is 13.9. The van der Waals surface area contributed by atoms with Gasteiger partial charge in [-0.3, -0.25) is 9.59 Å². The minimum absolute atomic E-state index is 0.390. The maximum Gasteiger partial charge on any atom is 0.417 e. The minimum Gasteiger partial charge on any atom is -0.462 e. The maximum absolute atomic E-state index is 12.4. The van der Waals surface area contributed by atoms with Gasteiger partial charge in [0.2, 0.25) is 0 Å². The second-order valence-electron chi connectivity index (χ2n) is 3.92. The molecule has 1 rings (SSSR count). The van der Waals surface area contributed by atoms with Crippen LogP contribution in [0.25, 0.3) is 0 Å². The van der Waals surface area contributed by atoms with Crippen LogP contribution in [0, 0.1) is 0 Å². The smallest absolute Gasteiger partial charge is 0.417 e. The first-order chi connectivity index (χ1) is 8.20. The Balaban J connectivity index is 2.95. The Hall–Kier alpha value is -1.79. The molecule has 0 N–H and O–H groups in total. The van der Waals surface area contributed by atoms with E-state index in [1.165, 1.54) is 0 Å². The Morgan fingerprint density at radius 1 is 1.39 bits per heavy atom. The Bertz CT molecular complexity index is 491. The van der Waals surface area contributed by atoms with E-state index in [1.54, 1.807) is 13.8 Å². The molecule has 0 saturated carbocycles. The van der Waals surface area contributed by atoms with Gasteiger partial charge in [-0.05, 0) is 19.9 Å². The molecule has 0 spiro atoms. The van der Waals surface area contributed by atoms with E-state index < -0.39 is 29.8 Å². The molecule has 0 aliphatic rings. The SMILES string of the molecule is CC(C)OC(=O)Cn1cc(C(F)(F)F)ccc1=O. The van der Waals surface area contributed by atoms with Crippen molar-refractivity contribution in [3.8, 4) is 0 Å². The number of carbonyl (C=O) groups excluding carboxylic acids is 1. The second-order valence-corrected chi connectivity index (χ2v) is 3.92. The fourth-order valence-corrected chi connectivity index (χ4v) is 1.26. The first-order valence-corrected chi connectivity index (χ1v) is 5.17. The van der Waals surface area contributed by atoms with Gasteiger partial charge in [0.15, 0.2) is 0 Å². The summed E-state index contributed by atoms with van der Waals surface area (Å²) in [6.45, 7) is 2.67. The van der Waals surface area contributed by atoms with E-state index in [4.69, 9.17) is 4.74 Å². The van der Waals surface area contributed by atoms with Crippen molar-refractivity contribution in [3.05, 3.63) is 34.2 Å². The molecule has 0 aromatic carbocycles. The van der Waals surface area contributed by atoms with Crippen molar-refractivity contribution in [3.63, 3.8) is 0 Å². The van der Waals surface area contributed by atoms with Crippen molar-refractivity contribution in [1.82, 2.24) is 4.57 Å². The van der Waals surface area contributed by atoms with Crippen LogP contribution in [-0.4, -0.2) is 16.6 Å². The number of ether oxygens (including phenoxy) is 1. The predicted octanol–water partition coefficient (Wildman–Crippen LogP) is 1.82. The molecule has 0 aliphatic heterocycles. The van der Waals surface area contributed by atoms with Crippen LogP contribution in [0.4, 0.5) is 13.2 Å². The Morgan fingerprint density at radius 2 is 2.00 bits per heavy atom. The average Bonchev–Trinajstić information content (AvgIpc) is 2.18. The lowest BCUT2D eigenvalue weighted by atomic mass is 10.3. The Morgan fingerprint density at radius 3 is 2.50 bits per heavy atom. The molecular formula is C11H12F3NO3. The summed E-state index contributed by atoms with van der Waals surface area (Å²) in [5.74, 6) is -0.758. The molecule has 0 bridgehead atoms. The Labute approximate surface area is 101 Å². The van der Waals surface area contributed by atoms with Crippen LogP contribution < -0.4 is 5.56 Å². The summed E-state index contributed by atoms with van der Waals surface area (Å²) in [7, 11) is 0. The molecule has 18 heavy (non-hydrogen) atoms. The molecule has 0 radical (unpaired) electrons. The summed E-state index contributed by atoms with van der Waals surface area (Å²) in [4.78, 5) is 22.6. The van der Waals surface area contributed by atoms with E-state index in [2.05, 4.69) is 0 Å². The van der Waals surface area contributed by atoms with E-state index in [0.29, 0.717) is 16.8 Å². The first-order valence-electron chi connectivity index (χ1n) is 5.17. The van der Waals surface area contributed by atoms with Crippen LogP contribution in [0.2, 0.25) is 0 Å². The Kier molecular flexibility index (Phi) is 4.15. The lowest BCUT2D eigenvalue weighted by Gasteiger charge is -2.11. The lowest BCUT2D eigenvalue weighted by Crippen LogP contribution is -2.27. The number of carbonyl (C=O) groups is 1. The summed E-state index contributed by atoms with van der Waals surface area (Å²) in [5.41, 5.74) is -1.68. The maximum atomic E-state index is 12.4. The van der Waals surface area contributed by atoms with Gasteiger partial charge in [0, 0.05) is 12.3 Å². The predicted molar refractivity (Wildman–Crippen MR) is 56.9 cm³/mol. The van der Waals surface area contributed by atoms with Gasteiger partial charge in [0.05, 0.1) is 11.7 Å².